The summed E-state index contributed by atoms with van der Waals surface area (Å²) in [4.78, 5) is 44.0. The first-order valence-electron chi connectivity index (χ1n) is 12.0. The molecule has 2 heterocycles. The zero-order valence-electron chi connectivity index (χ0n) is 20.9. The first-order chi connectivity index (χ1) is 17.8. The fourth-order valence-corrected chi connectivity index (χ4v) is 4.25. The summed E-state index contributed by atoms with van der Waals surface area (Å²) in [5, 5.41) is 11.3. The molecule has 4 rings (SSSR count). The van der Waals surface area contributed by atoms with Crippen LogP contribution in [0.15, 0.2) is 78.6 Å². The van der Waals surface area contributed by atoms with Crippen molar-refractivity contribution in [3.05, 3.63) is 95.3 Å². The van der Waals surface area contributed by atoms with Crippen LogP contribution >= 0.6 is 0 Å². The standard InChI is InChI=1S/C29H28N2O6/c1-4-36-24(32)15-19-10-12-22(13-11-19)31-26(21-8-6-14-30-17-21)25(28(34)29(31)35)27(33)20-7-5-9-23(16-20)37-18(2)3/h5-14,16-18,26,33H,4,15H2,1-3H3/b27-25-. The van der Waals surface area contributed by atoms with E-state index < -0.39 is 17.7 Å². The van der Waals surface area contributed by atoms with Crippen molar-refractivity contribution in [2.45, 2.75) is 39.3 Å². The monoisotopic (exact) mass is 500 g/mol. The smallest absolute Gasteiger partial charge is 0.310 e. The number of amides is 1. The fraction of sp³-hybridized carbons (Fsp3) is 0.241. The lowest BCUT2D eigenvalue weighted by molar-refractivity contribution is -0.142. The zero-order chi connectivity index (χ0) is 26.5. The fourth-order valence-electron chi connectivity index (χ4n) is 4.25. The van der Waals surface area contributed by atoms with Crippen LogP contribution in [-0.4, -0.2) is 40.5 Å². The van der Waals surface area contributed by atoms with Gasteiger partial charge in [-0.2, -0.15) is 0 Å². The molecule has 1 saturated heterocycles. The van der Waals surface area contributed by atoms with Crippen LogP contribution in [0.1, 0.15) is 43.5 Å². The number of rotatable bonds is 8. The predicted octanol–water partition coefficient (Wildman–Crippen LogP) is 4.60. The van der Waals surface area contributed by atoms with Gasteiger partial charge in [-0.1, -0.05) is 30.3 Å². The lowest BCUT2D eigenvalue weighted by atomic mass is 9.96. The predicted molar refractivity (Wildman–Crippen MR) is 138 cm³/mol. The number of nitrogens with zero attached hydrogens (tertiary/aromatic N) is 2. The second kappa shape index (κ2) is 11.1. The minimum atomic E-state index is -0.903. The molecule has 3 aromatic rings. The van der Waals surface area contributed by atoms with Gasteiger partial charge in [0.15, 0.2) is 0 Å². The molecule has 2 aromatic carbocycles. The Kier molecular flexibility index (Phi) is 7.67. The average molecular weight is 501 g/mol. The maximum absolute atomic E-state index is 13.3. The molecule has 37 heavy (non-hydrogen) atoms. The molecule has 1 unspecified atom stereocenters. The van der Waals surface area contributed by atoms with E-state index >= 15 is 0 Å². The Labute approximate surface area is 215 Å². The molecule has 8 nitrogen and oxygen atoms in total. The normalized spacial score (nSPS) is 16.8. The van der Waals surface area contributed by atoms with Crippen molar-refractivity contribution >= 4 is 29.1 Å². The van der Waals surface area contributed by atoms with Crippen LogP contribution in [0, 0.1) is 0 Å². The Morgan fingerprint density at radius 3 is 2.49 bits per heavy atom. The molecule has 0 saturated carbocycles. The first-order valence-corrected chi connectivity index (χ1v) is 12.0. The summed E-state index contributed by atoms with van der Waals surface area (Å²) in [5.74, 6) is -1.71. The Morgan fingerprint density at radius 2 is 1.84 bits per heavy atom. The van der Waals surface area contributed by atoms with Gasteiger partial charge in [0.25, 0.3) is 11.7 Å². The minimum Gasteiger partial charge on any atom is -0.507 e. The van der Waals surface area contributed by atoms with E-state index in [1.54, 1.807) is 80.0 Å². The summed E-state index contributed by atoms with van der Waals surface area (Å²) < 4.78 is 10.7. The summed E-state index contributed by atoms with van der Waals surface area (Å²) >= 11 is 0. The molecule has 1 fully saturated rings. The molecule has 1 aromatic heterocycles. The summed E-state index contributed by atoms with van der Waals surface area (Å²) in [6.07, 6.45) is 3.16. The highest BCUT2D eigenvalue weighted by atomic mass is 16.5. The third-order valence-electron chi connectivity index (χ3n) is 5.79. The number of Topliss-reactive ketones (excluding diaryl/α,β-unsaturated/α-hetero) is 1. The van der Waals surface area contributed by atoms with Crippen LogP contribution in [0.5, 0.6) is 5.75 Å². The number of aromatic nitrogens is 1. The van der Waals surface area contributed by atoms with E-state index in [0.717, 1.165) is 0 Å². The van der Waals surface area contributed by atoms with Crippen molar-refractivity contribution in [1.82, 2.24) is 4.98 Å². The van der Waals surface area contributed by atoms with Gasteiger partial charge in [0.1, 0.15) is 11.5 Å². The Balaban J connectivity index is 1.78. The lowest BCUT2D eigenvalue weighted by Crippen LogP contribution is -2.29. The van der Waals surface area contributed by atoms with Crippen molar-refractivity contribution in [2.75, 3.05) is 11.5 Å². The number of aliphatic hydroxyl groups is 1. The van der Waals surface area contributed by atoms with Crippen LogP contribution in [0.3, 0.4) is 0 Å². The van der Waals surface area contributed by atoms with Crippen molar-refractivity contribution in [3.63, 3.8) is 0 Å². The van der Waals surface area contributed by atoms with Gasteiger partial charge in [0.05, 0.1) is 30.7 Å². The van der Waals surface area contributed by atoms with E-state index in [-0.39, 0.29) is 29.8 Å². The van der Waals surface area contributed by atoms with Gasteiger partial charge in [0.2, 0.25) is 0 Å². The lowest BCUT2D eigenvalue weighted by Gasteiger charge is -2.25. The molecule has 190 valence electrons. The number of pyridine rings is 1. The summed E-state index contributed by atoms with van der Waals surface area (Å²) in [6.45, 7) is 5.81. The highest BCUT2D eigenvalue weighted by molar-refractivity contribution is 6.51. The molecule has 0 radical (unpaired) electrons. The van der Waals surface area contributed by atoms with E-state index in [4.69, 9.17) is 9.47 Å². The molecule has 0 aliphatic carbocycles. The molecule has 1 aliphatic rings. The summed E-state index contributed by atoms with van der Waals surface area (Å²) in [6, 6.07) is 16.0. The van der Waals surface area contributed by atoms with E-state index in [0.29, 0.717) is 34.7 Å². The van der Waals surface area contributed by atoms with Crippen molar-refractivity contribution in [1.29, 1.82) is 0 Å². The number of carbonyl (C=O) groups is 3. The van der Waals surface area contributed by atoms with Gasteiger partial charge >= 0.3 is 5.97 Å². The average Bonchev–Trinajstić information content (AvgIpc) is 3.15. The highest BCUT2D eigenvalue weighted by Crippen LogP contribution is 2.42. The van der Waals surface area contributed by atoms with Crippen LogP contribution in [0.4, 0.5) is 5.69 Å². The van der Waals surface area contributed by atoms with Gasteiger partial charge in [-0.25, -0.2) is 0 Å². The topological polar surface area (TPSA) is 106 Å². The molecule has 1 amide bonds. The summed E-state index contributed by atoms with van der Waals surface area (Å²) in [7, 11) is 0. The van der Waals surface area contributed by atoms with Crippen LogP contribution in [0.2, 0.25) is 0 Å². The SMILES string of the molecule is CCOC(=O)Cc1ccc(N2C(=O)C(=O)/C(=C(\O)c3cccc(OC(C)C)c3)C2c2cccnc2)cc1. The van der Waals surface area contributed by atoms with E-state index in [2.05, 4.69) is 4.98 Å². The van der Waals surface area contributed by atoms with Crippen LogP contribution in [-0.2, 0) is 25.5 Å². The van der Waals surface area contributed by atoms with Gasteiger partial charge in [-0.15, -0.1) is 0 Å². The second-order valence-electron chi connectivity index (χ2n) is 8.80. The maximum Gasteiger partial charge on any atom is 0.310 e. The second-order valence-corrected chi connectivity index (χ2v) is 8.80. The maximum atomic E-state index is 13.3. The third-order valence-corrected chi connectivity index (χ3v) is 5.79. The quantitative estimate of drug-likeness (QED) is 0.209. The Bertz CT molecular complexity index is 1330. The van der Waals surface area contributed by atoms with Crippen LogP contribution < -0.4 is 9.64 Å². The number of carbonyl (C=O) groups excluding carboxylic acids is 3. The van der Waals surface area contributed by atoms with Gasteiger partial charge in [0, 0.05) is 23.6 Å². The number of hydrogen-bond donors (Lipinski definition) is 1. The van der Waals surface area contributed by atoms with Crippen molar-refractivity contribution in [3.8, 4) is 5.75 Å². The van der Waals surface area contributed by atoms with E-state index in [9.17, 15) is 19.5 Å². The molecule has 0 spiro atoms. The van der Waals surface area contributed by atoms with Crippen LogP contribution in [0.25, 0.3) is 5.76 Å². The van der Waals surface area contributed by atoms with Gasteiger partial charge < -0.3 is 14.6 Å². The molecule has 1 aliphatic heterocycles. The summed E-state index contributed by atoms with van der Waals surface area (Å²) in [5.41, 5.74) is 2.02. The number of esters is 1. The number of benzene rings is 2. The van der Waals surface area contributed by atoms with Gasteiger partial charge in [-0.3, -0.25) is 24.3 Å². The van der Waals surface area contributed by atoms with Crippen molar-refractivity contribution in [2.24, 2.45) is 0 Å². The molecule has 0 bridgehead atoms. The third kappa shape index (κ3) is 5.53. The highest BCUT2D eigenvalue weighted by Gasteiger charge is 2.47. The Hall–Kier alpha value is -4.46. The van der Waals surface area contributed by atoms with E-state index in [1.165, 1.54) is 4.90 Å². The number of ketones is 1. The molecule has 1 N–H and O–H groups in total. The molecular formula is C29H28N2O6. The molecule has 8 heteroatoms. The van der Waals surface area contributed by atoms with Gasteiger partial charge in [-0.05, 0) is 62.2 Å². The zero-order valence-corrected chi connectivity index (χ0v) is 20.9. The first kappa shape index (κ1) is 25.6. The molecule has 1 atom stereocenters. The number of anilines is 1. The number of ether oxygens (including phenoxy) is 2. The Morgan fingerprint density at radius 1 is 1.08 bits per heavy atom. The molecular weight excluding hydrogens is 472 g/mol. The minimum absolute atomic E-state index is 0.0460. The largest absolute Gasteiger partial charge is 0.507 e. The van der Waals surface area contributed by atoms with Crippen molar-refractivity contribution < 1.29 is 29.0 Å². The van der Waals surface area contributed by atoms with E-state index in [1.807, 2.05) is 13.8 Å². The number of hydrogen-bond acceptors (Lipinski definition) is 7. The number of aliphatic hydroxyl groups excluding tert-OH is 1.